The molecule has 1 amide bonds. The molecule has 2 rings (SSSR count). The number of rotatable bonds is 9. The molecule has 1 saturated heterocycles. The highest BCUT2D eigenvalue weighted by molar-refractivity contribution is 7.89. The first kappa shape index (κ1) is 22.6. The third-order valence-corrected chi connectivity index (χ3v) is 6.28. The van der Waals surface area contributed by atoms with Crippen molar-refractivity contribution in [2.45, 2.75) is 57.1 Å². The van der Waals surface area contributed by atoms with Crippen molar-refractivity contribution in [1.29, 1.82) is 0 Å². The molecule has 8 heteroatoms. The van der Waals surface area contributed by atoms with Gasteiger partial charge in [0.2, 0.25) is 15.9 Å². The van der Waals surface area contributed by atoms with E-state index in [1.807, 2.05) is 20.8 Å². The van der Waals surface area contributed by atoms with E-state index >= 15 is 0 Å². The number of benzene rings is 1. The molecule has 1 aliphatic heterocycles. The van der Waals surface area contributed by atoms with Crippen molar-refractivity contribution in [3.8, 4) is 5.75 Å². The van der Waals surface area contributed by atoms with Crippen LogP contribution in [0.15, 0.2) is 23.1 Å². The van der Waals surface area contributed by atoms with Crippen molar-refractivity contribution in [1.82, 2.24) is 14.5 Å². The highest BCUT2D eigenvalue weighted by Gasteiger charge is 2.31. The van der Waals surface area contributed by atoms with Gasteiger partial charge in [-0.1, -0.05) is 0 Å². The molecular weight excluding hydrogens is 378 g/mol. The quantitative estimate of drug-likeness (QED) is 0.629. The van der Waals surface area contributed by atoms with Crippen LogP contribution in [0.3, 0.4) is 0 Å². The maximum Gasteiger partial charge on any atom is 0.240 e. The molecule has 0 radical (unpaired) electrons. The van der Waals surface area contributed by atoms with Crippen LogP contribution in [0.5, 0.6) is 5.75 Å². The summed E-state index contributed by atoms with van der Waals surface area (Å²) in [6.07, 6.45) is 2.56. The summed E-state index contributed by atoms with van der Waals surface area (Å²) in [7, 11) is -0.0258. The van der Waals surface area contributed by atoms with Crippen LogP contribution in [0.2, 0.25) is 0 Å². The zero-order valence-electron chi connectivity index (χ0n) is 17.6. The Morgan fingerprint density at radius 3 is 2.68 bits per heavy atom. The summed E-state index contributed by atoms with van der Waals surface area (Å²) in [5.41, 5.74) is 0.790. The van der Waals surface area contributed by atoms with E-state index in [4.69, 9.17) is 4.74 Å². The fourth-order valence-corrected chi connectivity index (χ4v) is 4.58. The van der Waals surface area contributed by atoms with Gasteiger partial charge in [0.15, 0.2) is 0 Å². The van der Waals surface area contributed by atoms with E-state index in [-0.39, 0.29) is 22.9 Å². The van der Waals surface area contributed by atoms with Crippen molar-refractivity contribution >= 4 is 15.9 Å². The topological polar surface area (TPSA) is 79.0 Å². The number of nitrogens with zero attached hydrogens (tertiary/aromatic N) is 2. The minimum Gasteiger partial charge on any atom is -0.491 e. The number of amides is 1. The Bertz CT molecular complexity index is 778. The molecule has 7 nitrogen and oxygen atoms in total. The number of carbonyl (C=O) groups is 1. The monoisotopic (exact) mass is 411 g/mol. The van der Waals surface area contributed by atoms with Crippen LogP contribution in [0.4, 0.5) is 0 Å². The minimum absolute atomic E-state index is 0.0353. The lowest BCUT2D eigenvalue weighted by atomic mass is 10.2. The Balaban J connectivity index is 1.88. The number of hydrogen-bond acceptors (Lipinski definition) is 5. The average Bonchev–Trinajstić information content (AvgIpc) is 3.07. The first-order valence-corrected chi connectivity index (χ1v) is 11.3. The molecule has 0 bridgehead atoms. The predicted octanol–water partition coefficient (Wildman–Crippen LogP) is 2.00. The second kappa shape index (κ2) is 9.71. The Hall–Kier alpha value is -1.64. The molecule has 0 aromatic heterocycles. The lowest BCUT2D eigenvalue weighted by Gasteiger charge is -2.26. The lowest BCUT2D eigenvalue weighted by Crippen LogP contribution is -2.43. The van der Waals surface area contributed by atoms with E-state index in [0.717, 1.165) is 24.9 Å². The van der Waals surface area contributed by atoms with E-state index in [0.29, 0.717) is 25.3 Å². The number of nitrogens with one attached hydrogen (secondary N) is 1. The fraction of sp³-hybridized carbons (Fsp3) is 0.650. The third kappa shape index (κ3) is 5.93. The predicted molar refractivity (Wildman–Crippen MR) is 110 cm³/mol. The summed E-state index contributed by atoms with van der Waals surface area (Å²) >= 11 is 0. The molecule has 0 aliphatic carbocycles. The zero-order valence-corrected chi connectivity index (χ0v) is 18.4. The van der Waals surface area contributed by atoms with Gasteiger partial charge >= 0.3 is 0 Å². The third-order valence-electron chi connectivity index (χ3n) is 4.82. The number of carbonyl (C=O) groups excluding carboxylic acids is 1. The normalized spacial score (nSPS) is 17.9. The number of ether oxygens (including phenoxy) is 1. The van der Waals surface area contributed by atoms with E-state index < -0.39 is 10.0 Å². The number of aryl methyl sites for hydroxylation is 1. The van der Waals surface area contributed by atoms with Crippen molar-refractivity contribution in [3.63, 3.8) is 0 Å². The Labute approximate surface area is 169 Å². The van der Waals surface area contributed by atoms with Crippen LogP contribution in [0, 0.1) is 6.92 Å². The van der Waals surface area contributed by atoms with E-state index in [9.17, 15) is 13.2 Å². The van der Waals surface area contributed by atoms with E-state index in [1.54, 1.807) is 37.2 Å². The van der Waals surface area contributed by atoms with E-state index in [1.165, 1.54) is 0 Å². The maximum atomic E-state index is 12.5. The molecule has 1 unspecified atom stereocenters. The molecule has 1 aromatic rings. The van der Waals surface area contributed by atoms with Gasteiger partial charge in [0.1, 0.15) is 5.75 Å². The van der Waals surface area contributed by atoms with Gasteiger partial charge in [0.05, 0.1) is 17.0 Å². The molecular formula is C20H33N3O4S. The highest BCUT2D eigenvalue weighted by atomic mass is 32.2. The highest BCUT2D eigenvalue weighted by Crippen LogP contribution is 2.23. The van der Waals surface area contributed by atoms with Gasteiger partial charge < -0.3 is 9.64 Å². The number of hydrogen-bond donors (Lipinski definition) is 1. The second-order valence-corrected chi connectivity index (χ2v) is 9.54. The van der Waals surface area contributed by atoms with Gasteiger partial charge in [-0.3, -0.25) is 9.69 Å². The molecule has 158 valence electrons. The Kier molecular flexibility index (Phi) is 7.86. The van der Waals surface area contributed by atoms with Crippen molar-refractivity contribution in [2.75, 3.05) is 33.7 Å². The van der Waals surface area contributed by atoms with Crippen LogP contribution in [-0.4, -0.2) is 70.0 Å². The maximum absolute atomic E-state index is 12.5. The molecule has 0 spiro atoms. The minimum atomic E-state index is -3.57. The molecule has 1 aromatic carbocycles. The largest absolute Gasteiger partial charge is 0.491 e. The molecule has 1 N–H and O–H groups in total. The lowest BCUT2D eigenvalue weighted by molar-refractivity contribution is -0.133. The van der Waals surface area contributed by atoms with Crippen LogP contribution < -0.4 is 9.46 Å². The van der Waals surface area contributed by atoms with Crippen LogP contribution in [-0.2, 0) is 14.8 Å². The number of sulfonamides is 1. The number of likely N-dealkylation sites (tertiary alicyclic amines) is 1. The summed E-state index contributed by atoms with van der Waals surface area (Å²) < 4.78 is 33.4. The van der Waals surface area contributed by atoms with Gasteiger partial charge in [0.25, 0.3) is 0 Å². The summed E-state index contributed by atoms with van der Waals surface area (Å²) in [4.78, 5) is 16.2. The standard InChI is InChI=1S/C20H33N3O4S/c1-15(2)27-19-10-9-17(14-16(19)3)28(25,26)21-11-7-13-23-12-6-8-18(23)20(24)22(4)5/h9-10,14-15,18,21H,6-8,11-13H2,1-5H3. The summed E-state index contributed by atoms with van der Waals surface area (Å²) in [6.45, 7) is 7.63. The summed E-state index contributed by atoms with van der Waals surface area (Å²) in [6, 6.07) is 4.82. The Morgan fingerprint density at radius 1 is 1.36 bits per heavy atom. The number of likely N-dealkylation sites (N-methyl/N-ethyl adjacent to an activating group) is 1. The summed E-state index contributed by atoms with van der Waals surface area (Å²) in [5.74, 6) is 0.817. The van der Waals surface area contributed by atoms with Crippen LogP contribution in [0.25, 0.3) is 0 Å². The van der Waals surface area contributed by atoms with Crippen LogP contribution in [0.1, 0.15) is 38.7 Å². The molecule has 1 fully saturated rings. The fourth-order valence-electron chi connectivity index (χ4n) is 3.42. The Morgan fingerprint density at radius 2 is 2.07 bits per heavy atom. The first-order valence-electron chi connectivity index (χ1n) is 9.84. The smallest absolute Gasteiger partial charge is 0.240 e. The molecule has 1 heterocycles. The van der Waals surface area contributed by atoms with Crippen molar-refractivity contribution in [3.05, 3.63) is 23.8 Å². The van der Waals surface area contributed by atoms with Crippen molar-refractivity contribution in [2.24, 2.45) is 0 Å². The molecule has 1 aliphatic rings. The average molecular weight is 412 g/mol. The van der Waals surface area contributed by atoms with Gasteiger partial charge in [-0.2, -0.15) is 0 Å². The SMILES string of the molecule is Cc1cc(S(=O)(=O)NCCCN2CCCC2C(=O)N(C)C)ccc1OC(C)C. The zero-order chi connectivity index (χ0) is 20.9. The van der Waals surface area contributed by atoms with E-state index in [2.05, 4.69) is 9.62 Å². The van der Waals surface area contributed by atoms with Gasteiger partial charge in [-0.15, -0.1) is 0 Å². The second-order valence-electron chi connectivity index (χ2n) is 7.77. The first-order chi connectivity index (χ1) is 13.1. The van der Waals surface area contributed by atoms with Gasteiger partial charge in [-0.05, 0) is 70.3 Å². The van der Waals surface area contributed by atoms with Gasteiger partial charge in [-0.25, -0.2) is 13.1 Å². The molecule has 28 heavy (non-hydrogen) atoms. The van der Waals surface area contributed by atoms with Gasteiger partial charge in [0, 0.05) is 27.2 Å². The van der Waals surface area contributed by atoms with Crippen molar-refractivity contribution < 1.29 is 17.9 Å². The summed E-state index contributed by atoms with van der Waals surface area (Å²) in [5, 5.41) is 0. The molecule has 1 atom stereocenters. The van der Waals surface area contributed by atoms with Crippen LogP contribution >= 0.6 is 0 Å². The molecule has 0 saturated carbocycles.